The number of imide groups is 1. The van der Waals surface area contributed by atoms with E-state index in [-0.39, 0.29) is 23.3 Å². The molecule has 0 saturated carbocycles. The van der Waals surface area contributed by atoms with Gasteiger partial charge >= 0.3 is 0 Å². The molecule has 0 N–H and O–H groups in total. The number of para-hydroxylation sites is 1. The van der Waals surface area contributed by atoms with Crippen LogP contribution in [0.5, 0.6) is 11.5 Å². The van der Waals surface area contributed by atoms with Gasteiger partial charge in [-0.1, -0.05) is 70.7 Å². The molecule has 4 rings (SSSR count). The van der Waals surface area contributed by atoms with Crippen molar-refractivity contribution in [3.05, 3.63) is 96.3 Å². The Hall–Kier alpha value is -2.35. The number of rotatable bonds is 7. The number of halogens is 4. The van der Waals surface area contributed by atoms with Crippen LogP contribution in [0.2, 0.25) is 20.1 Å². The highest BCUT2D eigenvalue weighted by Gasteiger charge is 2.35. The Morgan fingerprint density at radius 3 is 2.46 bits per heavy atom. The van der Waals surface area contributed by atoms with Gasteiger partial charge in [0.2, 0.25) is 0 Å². The van der Waals surface area contributed by atoms with Crippen LogP contribution in [0.25, 0.3) is 6.08 Å². The van der Waals surface area contributed by atoms with E-state index >= 15 is 0 Å². The van der Waals surface area contributed by atoms with Crippen molar-refractivity contribution in [2.75, 3.05) is 7.11 Å². The van der Waals surface area contributed by atoms with E-state index in [4.69, 9.17) is 55.9 Å². The van der Waals surface area contributed by atoms with Crippen molar-refractivity contribution in [1.29, 1.82) is 0 Å². The van der Waals surface area contributed by atoms with Crippen LogP contribution in [0.1, 0.15) is 16.7 Å². The van der Waals surface area contributed by atoms with Crippen LogP contribution in [0, 0.1) is 0 Å². The molecule has 10 heteroatoms. The normalized spacial score (nSPS) is 14.7. The molecule has 0 aliphatic carbocycles. The molecular weight excluding hydrogens is 552 g/mol. The van der Waals surface area contributed by atoms with Gasteiger partial charge in [-0.15, -0.1) is 0 Å². The van der Waals surface area contributed by atoms with E-state index in [9.17, 15) is 9.59 Å². The van der Waals surface area contributed by atoms with E-state index in [0.717, 1.165) is 22.2 Å². The fraction of sp³-hybridized carbons (Fsp3) is 0.120. The lowest BCUT2D eigenvalue weighted by Crippen LogP contribution is -2.27. The molecule has 0 unspecified atom stereocenters. The molecule has 0 atom stereocenters. The second-order valence-electron chi connectivity index (χ2n) is 7.42. The maximum Gasteiger partial charge on any atom is 0.293 e. The highest BCUT2D eigenvalue weighted by atomic mass is 35.5. The van der Waals surface area contributed by atoms with Gasteiger partial charge in [0.05, 0.1) is 28.6 Å². The van der Waals surface area contributed by atoms with Crippen LogP contribution >= 0.6 is 58.2 Å². The van der Waals surface area contributed by atoms with E-state index in [1.54, 1.807) is 60.7 Å². The molecule has 0 bridgehead atoms. The number of hydrogen-bond donors (Lipinski definition) is 0. The van der Waals surface area contributed by atoms with Gasteiger partial charge in [0, 0.05) is 21.2 Å². The van der Waals surface area contributed by atoms with Crippen LogP contribution in [0.4, 0.5) is 4.79 Å². The van der Waals surface area contributed by atoms with Gasteiger partial charge in [-0.05, 0) is 53.7 Å². The topological polar surface area (TPSA) is 55.8 Å². The van der Waals surface area contributed by atoms with Crippen molar-refractivity contribution in [3.63, 3.8) is 0 Å². The number of methoxy groups -OCH3 is 1. The highest BCUT2D eigenvalue weighted by molar-refractivity contribution is 8.18. The van der Waals surface area contributed by atoms with Gasteiger partial charge in [0.15, 0.2) is 11.5 Å². The molecule has 0 radical (unpaired) electrons. The summed E-state index contributed by atoms with van der Waals surface area (Å²) in [5.41, 5.74) is 2.00. The smallest absolute Gasteiger partial charge is 0.293 e. The van der Waals surface area contributed by atoms with E-state index < -0.39 is 5.91 Å². The molecule has 3 aromatic rings. The van der Waals surface area contributed by atoms with Gasteiger partial charge in [-0.2, -0.15) is 0 Å². The predicted molar refractivity (Wildman–Crippen MR) is 142 cm³/mol. The Bertz CT molecular complexity index is 1350. The largest absolute Gasteiger partial charge is 0.493 e. The van der Waals surface area contributed by atoms with Crippen LogP contribution in [-0.4, -0.2) is 23.2 Å². The molecule has 1 fully saturated rings. The lowest BCUT2D eigenvalue weighted by Gasteiger charge is -2.15. The van der Waals surface area contributed by atoms with Gasteiger partial charge in [0.25, 0.3) is 11.1 Å². The Morgan fingerprint density at radius 1 is 0.943 bits per heavy atom. The number of carbonyl (C=O) groups excluding carboxylic acids is 2. The first-order valence-corrected chi connectivity index (χ1v) is 12.5. The number of hydrogen-bond acceptors (Lipinski definition) is 5. The first-order valence-electron chi connectivity index (χ1n) is 10.2. The highest BCUT2D eigenvalue weighted by Crippen LogP contribution is 2.38. The standard InChI is InChI=1S/C25H17Cl4NO4S/c1-33-21-4-2-3-15(23(21)34-13-16-6-7-17(26)11-19(16)28)10-22-24(31)30(25(32)35-22)12-14-5-8-18(27)20(29)9-14/h2-11H,12-13H2,1H3/b22-10+. The fourth-order valence-electron chi connectivity index (χ4n) is 3.35. The zero-order valence-corrected chi connectivity index (χ0v) is 22.0. The molecule has 0 aromatic heterocycles. The number of thioether (sulfide) groups is 1. The van der Waals surface area contributed by atoms with Crippen LogP contribution in [0.15, 0.2) is 59.5 Å². The number of ether oxygens (including phenoxy) is 2. The third-order valence-corrected chi connectivity index (χ3v) is 7.33. The number of amides is 2. The lowest BCUT2D eigenvalue weighted by atomic mass is 10.1. The van der Waals surface area contributed by atoms with Crippen LogP contribution < -0.4 is 9.47 Å². The summed E-state index contributed by atoms with van der Waals surface area (Å²) >= 11 is 25.1. The second-order valence-corrected chi connectivity index (χ2v) is 10.1. The monoisotopic (exact) mass is 567 g/mol. The minimum Gasteiger partial charge on any atom is -0.493 e. The summed E-state index contributed by atoms with van der Waals surface area (Å²) in [6.07, 6.45) is 1.61. The molecule has 3 aromatic carbocycles. The van der Waals surface area contributed by atoms with Crippen molar-refractivity contribution in [2.45, 2.75) is 13.2 Å². The fourth-order valence-corrected chi connectivity index (χ4v) is 4.96. The SMILES string of the molecule is COc1cccc(/C=C2/SC(=O)N(Cc3ccc(Cl)c(Cl)c3)C2=O)c1OCc1ccc(Cl)cc1Cl. The average molecular weight is 569 g/mol. The molecule has 35 heavy (non-hydrogen) atoms. The Balaban J connectivity index is 1.59. The Labute approximate surface area is 226 Å². The van der Waals surface area contributed by atoms with E-state index in [1.165, 1.54) is 7.11 Å². The van der Waals surface area contributed by atoms with Crippen molar-refractivity contribution in [3.8, 4) is 11.5 Å². The van der Waals surface area contributed by atoms with Gasteiger partial charge in [-0.25, -0.2) is 0 Å². The quantitative estimate of drug-likeness (QED) is 0.269. The minimum atomic E-state index is -0.416. The Morgan fingerprint density at radius 2 is 1.74 bits per heavy atom. The maximum atomic E-state index is 13.1. The van der Waals surface area contributed by atoms with Gasteiger partial charge < -0.3 is 9.47 Å². The van der Waals surface area contributed by atoms with E-state index in [2.05, 4.69) is 0 Å². The molecular formula is C25H17Cl4NO4S. The number of nitrogens with zero attached hydrogens (tertiary/aromatic N) is 1. The lowest BCUT2D eigenvalue weighted by molar-refractivity contribution is -0.123. The predicted octanol–water partition coefficient (Wildman–Crippen LogP) is 8.12. The summed E-state index contributed by atoms with van der Waals surface area (Å²) in [4.78, 5) is 27.1. The summed E-state index contributed by atoms with van der Waals surface area (Å²) in [7, 11) is 1.52. The first-order chi connectivity index (χ1) is 16.8. The Kier molecular flexibility index (Phi) is 8.19. The first kappa shape index (κ1) is 25.7. The molecule has 2 amide bonds. The molecule has 1 aliphatic heterocycles. The minimum absolute atomic E-state index is 0.0788. The van der Waals surface area contributed by atoms with Gasteiger partial charge in [0.1, 0.15) is 6.61 Å². The van der Waals surface area contributed by atoms with Gasteiger partial charge in [-0.3, -0.25) is 14.5 Å². The molecule has 1 heterocycles. The average Bonchev–Trinajstić information content (AvgIpc) is 3.08. The molecule has 1 aliphatic rings. The molecule has 0 spiro atoms. The third-order valence-electron chi connectivity index (χ3n) is 5.10. The van der Waals surface area contributed by atoms with Crippen molar-refractivity contribution in [1.82, 2.24) is 4.90 Å². The second kappa shape index (κ2) is 11.1. The summed E-state index contributed by atoms with van der Waals surface area (Å²) in [5.74, 6) is 0.469. The van der Waals surface area contributed by atoms with Crippen LogP contribution in [0.3, 0.4) is 0 Å². The summed E-state index contributed by atoms with van der Waals surface area (Å²) in [6, 6.07) is 15.4. The molecule has 180 valence electrons. The zero-order chi connectivity index (χ0) is 25.1. The van der Waals surface area contributed by atoms with Crippen molar-refractivity contribution in [2.24, 2.45) is 0 Å². The zero-order valence-electron chi connectivity index (χ0n) is 18.2. The van der Waals surface area contributed by atoms with Crippen LogP contribution in [-0.2, 0) is 17.9 Å². The van der Waals surface area contributed by atoms with Crippen molar-refractivity contribution < 1.29 is 19.1 Å². The van der Waals surface area contributed by atoms with Crippen molar-refractivity contribution >= 4 is 75.4 Å². The maximum absolute atomic E-state index is 13.1. The molecule has 1 saturated heterocycles. The number of benzene rings is 3. The van der Waals surface area contributed by atoms with E-state index in [1.807, 2.05) is 0 Å². The molecule has 5 nitrogen and oxygen atoms in total. The third kappa shape index (κ3) is 5.90. The van der Waals surface area contributed by atoms with E-state index in [0.29, 0.717) is 42.7 Å². The summed E-state index contributed by atoms with van der Waals surface area (Å²) in [5, 5.41) is 1.36. The summed E-state index contributed by atoms with van der Waals surface area (Å²) < 4.78 is 11.5. The summed E-state index contributed by atoms with van der Waals surface area (Å²) in [6.45, 7) is 0.228. The number of carbonyl (C=O) groups is 2.